The predicted molar refractivity (Wildman–Crippen MR) is 58.1 cm³/mol. The summed E-state index contributed by atoms with van der Waals surface area (Å²) in [6.45, 7) is 4.36. The van der Waals surface area contributed by atoms with E-state index < -0.39 is 0 Å². The van der Waals surface area contributed by atoms with Crippen molar-refractivity contribution in [3.63, 3.8) is 0 Å². The molecule has 0 aliphatic rings. The van der Waals surface area contributed by atoms with Crippen molar-refractivity contribution < 1.29 is 4.79 Å². The standard InChI is InChI=1S/C11H13BrO/c1-8(2)5-10-4-3-9(7-13)6-11(10)12/h3-4,6-8H,5H2,1-2H3. The van der Waals surface area contributed by atoms with E-state index in [2.05, 4.69) is 29.8 Å². The average molecular weight is 241 g/mol. The highest BCUT2D eigenvalue weighted by Crippen LogP contribution is 2.20. The molecule has 0 aliphatic carbocycles. The summed E-state index contributed by atoms with van der Waals surface area (Å²) in [6, 6.07) is 5.73. The van der Waals surface area contributed by atoms with E-state index in [1.807, 2.05) is 18.2 Å². The summed E-state index contributed by atoms with van der Waals surface area (Å²) in [5.74, 6) is 0.637. The molecular weight excluding hydrogens is 228 g/mol. The van der Waals surface area contributed by atoms with Crippen LogP contribution >= 0.6 is 15.9 Å². The van der Waals surface area contributed by atoms with Crippen molar-refractivity contribution in [1.82, 2.24) is 0 Å². The van der Waals surface area contributed by atoms with Crippen LogP contribution in [0.15, 0.2) is 22.7 Å². The first-order valence-electron chi connectivity index (χ1n) is 4.37. The van der Waals surface area contributed by atoms with Crippen LogP contribution in [-0.2, 0) is 6.42 Å². The van der Waals surface area contributed by atoms with Crippen LogP contribution in [0.2, 0.25) is 0 Å². The molecule has 0 heterocycles. The Kier molecular flexibility index (Phi) is 3.67. The molecule has 1 nitrogen and oxygen atoms in total. The molecule has 0 spiro atoms. The molecule has 0 saturated heterocycles. The lowest BCUT2D eigenvalue weighted by Crippen LogP contribution is -1.95. The van der Waals surface area contributed by atoms with Gasteiger partial charge in [0.1, 0.15) is 6.29 Å². The molecule has 1 aromatic rings. The van der Waals surface area contributed by atoms with Crippen molar-refractivity contribution in [2.45, 2.75) is 20.3 Å². The molecule has 13 heavy (non-hydrogen) atoms. The SMILES string of the molecule is CC(C)Cc1ccc(C=O)cc1Br. The van der Waals surface area contributed by atoms with Gasteiger partial charge in [-0.05, 0) is 24.0 Å². The number of aldehydes is 1. The summed E-state index contributed by atoms with van der Waals surface area (Å²) in [5.41, 5.74) is 1.99. The molecule has 1 aromatic carbocycles. The van der Waals surface area contributed by atoms with Crippen molar-refractivity contribution in [2.75, 3.05) is 0 Å². The highest BCUT2D eigenvalue weighted by molar-refractivity contribution is 9.10. The minimum atomic E-state index is 0.637. The second-order valence-corrected chi connectivity index (χ2v) is 4.42. The van der Waals surface area contributed by atoms with E-state index in [0.29, 0.717) is 5.92 Å². The number of hydrogen-bond acceptors (Lipinski definition) is 1. The second-order valence-electron chi connectivity index (χ2n) is 3.57. The number of benzene rings is 1. The van der Waals surface area contributed by atoms with Crippen molar-refractivity contribution in [2.24, 2.45) is 5.92 Å². The lowest BCUT2D eigenvalue weighted by Gasteiger charge is -2.07. The molecule has 0 aromatic heterocycles. The molecule has 2 heteroatoms. The Labute approximate surface area is 87.3 Å². The normalized spacial score (nSPS) is 10.5. The lowest BCUT2D eigenvalue weighted by molar-refractivity contribution is 0.112. The van der Waals surface area contributed by atoms with Crippen LogP contribution in [0.4, 0.5) is 0 Å². The summed E-state index contributed by atoms with van der Waals surface area (Å²) in [4.78, 5) is 10.5. The maximum atomic E-state index is 10.5. The van der Waals surface area contributed by atoms with Crippen LogP contribution in [0, 0.1) is 5.92 Å². The molecule has 0 saturated carbocycles. The van der Waals surface area contributed by atoms with Crippen molar-refractivity contribution in [3.05, 3.63) is 33.8 Å². The van der Waals surface area contributed by atoms with Gasteiger partial charge in [0.05, 0.1) is 0 Å². The third kappa shape index (κ3) is 2.96. The van der Waals surface area contributed by atoms with E-state index in [0.717, 1.165) is 22.7 Å². The summed E-state index contributed by atoms with van der Waals surface area (Å²) in [5, 5.41) is 0. The maximum Gasteiger partial charge on any atom is 0.150 e. The smallest absolute Gasteiger partial charge is 0.150 e. The summed E-state index contributed by atoms with van der Waals surface area (Å²) in [7, 11) is 0. The van der Waals surface area contributed by atoms with Gasteiger partial charge < -0.3 is 0 Å². The Balaban J connectivity index is 2.91. The Hall–Kier alpha value is -0.630. The Morgan fingerprint density at radius 1 is 1.46 bits per heavy atom. The minimum Gasteiger partial charge on any atom is -0.298 e. The quantitative estimate of drug-likeness (QED) is 0.740. The van der Waals surface area contributed by atoms with E-state index in [4.69, 9.17) is 0 Å². The predicted octanol–water partition coefficient (Wildman–Crippen LogP) is 3.46. The van der Waals surface area contributed by atoms with E-state index >= 15 is 0 Å². The van der Waals surface area contributed by atoms with Crippen LogP contribution in [0.5, 0.6) is 0 Å². The number of rotatable bonds is 3. The van der Waals surface area contributed by atoms with Crippen molar-refractivity contribution in [1.29, 1.82) is 0 Å². The molecule has 0 atom stereocenters. The van der Waals surface area contributed by atoms with Crippen molar-refractivity contribution >= 4 is 22.2 Å². The first-order chi connectivity index (χ1) is 6.13. The zero-order valence-electron chi connectivity index (χ0n) is 7.88. The molecule has 0 fully saturated rings. The lowest BCUT2D eigenvalue weighted by atomic mass is 10.0. The maximum absolute atomic E-state index is 10.5. The minimum absolute atomic E-state index is 0.637. The molecule has 0 N–H and O–H groups in total. The van der Waals surface area contributed by atoms with Gasteiger partial charge in [0.25, 0.3) is 0 Å². The summed E-state index contributed by atoms with van der Waals surface area (Å²) in [6.07, 6.45) is 1.91. The number of carbonyl (C=O) groups excluding carboxylic acids is 1. The first kappa shape index (κ1) is 10.5. The van der Waals surface area contributed by atoms with Gasteiger partial charge in [-0.25, -0.2) is 0 Å². The monoisotopic (exact) mass is 240 g/mol. The van der Waals surface area contributed by atoms with Gasteiger partial charge in [-0.3, -0.25) is 4.79 Å². The second kappa shape index (κ2) is 4.56. The Morgan fingerprint density at radius 2 is 2.15 bits per heavy atom. The zero-order chi connectivity index (χ0) is 9.84. The van der Waals surface area contributed by atoms with E-state index in [-0.39, 0.29) is 0 Å². The number of hydrogen-bond donors (Lipinski definition) is 0. The van der Waals surface area contributed by atoms with Crippen LogP contribution < -0.4 is 0 Å². The molecule has 0 radical (unpaired) electrons. The fraction of sp³-hybridized carbons (Fsp3) is 0.364. The fourth-order valence-corrected chi connectivity index (χ4v) is 1.80. The van der Waals surface area contributed by atoms with Gasteiger partial charge in [0, 0.05) is 10.0 Å². The summed E-state index contributed by atoms with van der Waals surface area (Å²) < 4.78 is 1.03. The van der Waals surface area contributed by atoms with Crippen LogP contribution in [0.25, 0.3) is 0 Å². The van der Waals surface area contributed by atoms with Gasteiger partial charge in [0.2, 0.25) is 0 Å². The van der Waals surface area contributed by atoms with Gasteiger partial charge in [-0.15, -0.1) is 0 Å². The topological polar surface area (TPSA) is 17.1 Å². The van der Waals surface area contributed by atoms with Crippen LogP contribution in [0.3, 0.4) is 0 Å². The van der Waals surface area contributed by atoms with Crippen LogP contribution in [-0.4, -0.2) is 6.29 Å². The third-order valence-corrected chi connectivity index (χ3v) is 2.58. The van der Waals surface area contributed by atoms with Gasteiger partial charge in [0.15, 0.2) is 0 Å². The highest BCUT2D eigenvalue weighted by Gasteiger charge is 2.03. The molecule has 0 aliphatic heterocycles. The third-order valence-electron chi connectivity index (χ3n) is 1.84. The van der Waals surface area contributed by atoms with Gasteiger partial charge in [-0.2, -0.15) is 0 Å². The molecule has 0 amide bonds. The number of carbonyl (C=O) groups is 1. The van der Waals surface area contributed by atoms with E-state index in [9.17, 15) is 4.79 Å². The largest absolute Gasteiger partial charge is 0.298 e. The average Bonchev–Trinajstić information content (AvgIpc) is 2.08. The van der Waals surface area contributed by atoms with E-state index in [1.54, 1.807) is 0 Å². The summed E-state index contributed by atoms with van der Waals surface area (Å²) >= 11 is 3.46. The molecule has 1 rings (SSSR count). The molecule has 70 valence electrons. The Morgan fingerprint density at radius 3 is 2.62 bits per heavy atom. The van der Waals surface area contributed by atoms with Crippen LogP contribution in [0.1, 0.15) is 29.8 Å². The van der Waals surface area contributed by atoms with Gasteiger partial charge in [-0.1, -0.05) is 41.9 Å². The van der Waals surface area contributed by atoms with Crippen molar-refractivity contribution in [3.8, 4) is 0 Å². The highest BCUT2D eigenvalue weighted by atomic mass is 79.9. The zero-order valence-corrected chi connectivity index (χ0v) is 9.47. The first-order valence-corrected chi connectivity index (χ1v) is 5.16. The molecular formula is C11H13BrO. The Bertz CT molecular complexity index is 305. The molecule has 0 unspecified atom stereocenters. The van der Waals surface area contributed by atoms with Gasteiger partial charge >= 0.3 is 0 Å². The fourth-order valence-electron chi connectivity index (χ4n) is 1.24. The van der Waals surface area contributed by atoms with E-state index in [1.165, 1.54) is 5.56 Å². The number of halogens is 1. The molecule has 0 bridgehead atoms.